The van der Waals surface area contributed by atoms with Crippen LogP contribution < -0.4 is 4.74 Å². The van der Waals surface area contributed by atoms with E-state index in [1.54, 1.807) is 43.8 Å². The number of oxime groups is 1. The number of aromatic nitrogens is 3. The molecular formula is C23H17Br2IN4O4. The Labute approximate surface area is 225 Å². The van der Waals surface area contributed by atoms with Crippen molar-refractivity contribution in [2.24, 2.45) is 5.16 Å². The van der Waals surface area contributed by atoms with Gasteiger partial charge in [-0.1, -0.05) is 49.1 Å². The maximum atomic E-state index is 11.0. The molecule has 0 bridgehead atoms. The lowest BCUT2D eigenvalue weighted by Crippen LogP contribution is -2.01. The maximum Gasteiger partial charge on any atom is 0.225 e. The van der Waals surface area contributed by atoms with Gasteiger partial charge in [0.2, 0.25) is 11.7 Å². The maximum absolute atomic E-state index is 11.0. The summed E-state index contributed by atoms with van der Waals surface area (Å²) in [6.07, 6.45) is 4.15. The molecule has 0 saturated heterocycles. The second-order valence-electron chi connectivity index (χ2n) is 6.58. The van der Waals surface area contributed by atoms with Crippen molar-refractivity contribution in [3.8, 4) is 28.5 Å². The van der Waals surface area contributed by atoms with Gasteiger partial charge in [0.25, 0.3) is 0 Å². The molecule has 0 aliphatic carbocycles. The molecule has 34 heavy (non-hydrogen) atoms. The van der Waals surface area contributed by atoms with E-state index in [0.29, 0.717) is 28.5 Å². The number of hydrogen-bond acceptors (Lipinski definition) is 7. The lowest BCUT2D eigenvalue weighted by molar-refractivity contribution is 0.106. The molecule has 0 atom stereocenters. The number of hydrogen-bond donors (Lipinski definition) is 2. The number of nitrogens with zero attached hydrogens (tertiary/aromatic N) is 4. The number of ether oxygens (including phenoxy) is 1. The van der Waals surface area contributed by atoms with Gasteiger partial charge in [-0.15, -0.1) is 0 Å². The molecule has 0 spiro atoms. The van der Waals surface area contributed by atoms with E-state index in [1.807, 2.05) is 30.3 Å². The van der Waals surface area contributed by atoms with Crippen molar-refractivity contribution in [3.63, 3.8) is 0 Å². The number of imidazole rings is 1. The number of carbonyl (C=O) groups excluding carboxylic acids is 1. The predicted octanol–water partition coefficient (Wildman–Crippen LogP) is 6.32. The Hall–Kier alpha value is -2.77. The molecule has 8 nitrogen and oxygen atoms in total. The van der Waals surface area contributed by atoms with Gasteiger partial charge in [0.05, 0.1) is 18.9 Å². The standard InChI is InChI=1S/C15H11BrIN3O2.C8H6BrNO2/c1-22-15-13(11(17)6-7-18-15)14-19-8-12(20(14)21)9-2-4-10(16)5-3-9;9-7-3-1-6(2-4-7)8(11)5-10-12/h2-8,21H,1H3;1-5,12H. The summed E-state index contributed by atoms with van der Waals surface area (Å²) >= 11 is 8.80. The number of benzene rings is 2. The minimum Gasteiger partial charge on any atom is -0.480 e. The van der Waals surface area contributed by atoms with Crippen molar-refractivity contribution in [2.45, 2.75) is 0 Å². The topological polar surface area (TPSA) is 110 Å². The second-order valence-corrected chi connectivity index (χ2v) is 9.57. The number of ketones is 1. The fourth-order valence-corrected chi connectivity index (χ4v) is 4.01. The van der Waals surface area contributed by atoms with Gasteiger partial charge in [0, 0.05) is 29.8 Å². The number of methoxy groups -OCH3 is 1. The molecule has 0 aliphatic rings. The van der Waals surface area contributed by atoms with E-state index in [4.69, 9.17) is 9.94 Å². The third kappa shape index (κ3) is 6.21. The summed E-state index contributed by atoms with van der Waals surface area (Å²) in [5, 5.41) is 21.2. The quantitative estimate of drug-likeness (QED) is 0.0631. The first-order valence-electron chi connectivity index (χ1n) is 9.54. The van der Waals surface area contributed by atoms with E-state index in [9.17, 15) is 10.0 Å². The molecule has 2 N–H and O–H groups in total. The van der Waals surface area contributed by atoms with Gasteiger partial charge in [-0.05, 0) is 65.1 Å². The van der Waals surface area contributed by atoms with Crippen LogP contribution in [0.4, 0.5) is 0 Å². The Bertz CT molecular complexity index is 1310. The van der Waals surface area contributed by atoms with E-state index in [2.05, 4.69) is 69.6 Å². The van der Waals surface area contributed by atoms with Crippen LogP contribution in [0.1, 0.15) is 10.4 Å². The summed E-state index contributed by atoms with van der Waals surface area (Å²) < 4.78 is 9.11. The Morgan fingerprint density at radius 2 is 1.68 bits per heavy atom. The van der Waals surface area contributed by atoms with E-state index < -0.39 is 0 Å². The lowest BCUT2D eigenvalue weighted by atomic mass is 10.1. The molecule has 4 rings (SSSR count). The molecule has 0 fully saturated rings. The summed E-state index contributed by atoms with van der Waals surface area (Å²) in [4.78, 5) is 19.5. The van der Waals surface area contributed by atoms with E-state index in [0.717, 1.165) is 29.0 Å². The van der Waals surface area contributed by atoms with Crippen molar-refractivity contribution >= 4 is 66.4 Å². The minimum absolute atomic E-state index is 0.315. The molecule has 174 valence electrons. The highest BCUT2D eigenvalue weighted by molar-refractivity contribution is 14.1. The Morgan fingerprint density at radius 1 is 1.06 bits per heavy atom. The molecule has 2 heterocycles. The highest BCUT2D eigenvalue weighted by Crippen LogP contribution is 2.33. The number of pyridine rings is 1. The van der Waals surface area contributed by atoms with Gasteiger partial charge in [-0.3, -0.25) is 4.79 Å². The molecular weight excluding hydrogens is 683 g/mol. The first-order chi connectivity index (χ1) is 16.3. The van der Waals surface area contributed by atoms with E-state index in [1.165, 1.54) is 0 Å². The van der Waals surface area contributed by atoms with Gasteiger partial charge in [-0.2, -0.15) is 4.73 Å². The first kappa shape index (κ1) is 25.8. The fraction of sp³-hybridized carbons (Fsp3) is 0.0435. The van der Waals surface area contributed by atoms with Crippen molar-refractivity contribution in [1.29, 1.82) is 0 Å². The number of rotatable bonds is 5. The average molecular weight is 700 g/mol. The lowest BCUT2D eigenvalue weighted by Gasteiger charge is -2.09. The van der Waals surface area contributed by atoms with Crippen LogP contribution in [0.5, 0.6) is 5.88 Å². The zero-order valence-corrected chi connectivity index (χ0v) is 22.9. The van der Waals surface area contributed by atoms with Crippen LogP contribution in [0.25, 0.3) is 22.6 Å². The zero-order valence-electron chi connectivity index (χ0n) is 17.6. The summed E-state index contributed by atoms with van der Waals surface area (Å²) in [5.74, 6) is 0.507. The molecule has 0 saturated carbocycles. The smallest absolute Gasteiger partial charge is 0.225 e. The van der Waals surface area contributed by atoms with Gasteiger partial charge in [0.15, 0.2) is 5.82 Å². The zero-order chi connectivity index (χ0) is 24.7. The van der Waals surface area contributed by atoms with Crippen molar-refractivity contribution in [1.82, 2.24) is 14.7 Å². The highest BCUT2D eigenvalue weighted by Gasteiger charge is 2.19. The molecule has 2 aromatic carbocycles. The van der Waals surface area contributed by atoms with Crippen molar-refractivity contribution < 1.29 is 19.9 Å². The molecule has 11 heteroatoms. The fourth-order valence-electron chi connectivity index (χ4n) is 2.85. The normalized spacial score (nSPS) is 10.6. The number of Topliss-reactive ketones (excluding diaryl/α,β-unsaturated/α-hetero) is 1. The Balaban J connectivity index is 0.000000229. The summed E-state index contributed by atoms with van der Waals surface area (Å²) in [6.45, 7) is 0. The predicted molar refractivity (Wildman–Crippen MR) is 144 cm³/mol. The molecule has 4 aromatic rings. The monoisotopic (exact) mass is 698 g/mol. The Kier molecular flexibility index (Phi) is 9.19. The third-order valence-corrected chi connectivity index (χ3v) is 6.42. The molecule has 0 amide bonds. The van der Waals surface area contributed by atoms with Crippen LogP contribution in [0.3, 0.4) is 0 Å². The summed E-state index contributed by atoms with van der Waals surface area (Å²) in [7, 11) is 1.54. The first-order valence-corrected chi connectivity index (χ1v) is 12.2. The van der Waals surface area contributed by atoms with Gasteiger partial charge in [-0.25, -0.2) is 9.97 Å². The van der Waals surface area contributed by atoms with Gasteiger partial charge < -0.3 is 15.2 Å². The van der Waals surface area contributed by atoms with Crippen LogP contribution in [0.2, 0.25) is 0 Å². The number of halogens is 3. The highest BCUT2D eigenvalue weighted by atomic mass is 127. The van der Waals surface area contributed by atoms with Crippen LogP contribution in [-0.4, -0.2) is 44.2 Å². The molecule has 2 aromatic heterocycles. The van der Waals surface area contributed by atoms with Crippen LogP contribution >= 0.6 is 54.5 Å². The van der Waals surface area contributed by atoms with Crippen LogP contribution in [0.15, 0.2) is 81.1 Å². The van der Waals surface area contributed by atoms with E-state index >= 15 is 0 Å². The minimum atomic E-state index is -0.315. The van der Waals surface area contributed by atoms with Gasteiger partial charge >= 0.3 is 0 Å². The van der Waals surface area contributed by atoms with Crippen LogP contribution in [-0.2, 0) is 0 Å². The van der Waals surface area contributed by atoms with Gasteiger partial charge in [0.1, 0.15) is 11.9 Å². The van der Waals surface area contributed by atoms with E-state index in [-0.39, 0.29) is 5.78 Å². The van der Waals surface area contributed by atoms with Crippen molar-refractivity contribution in [2.75, 3.05) is 7.11 Å². The average Bonchev–Trinajstić information content (AvgIpc) is 3.21. The molecule has 0 aliphatic heterocycles. The largest absolute Gasteiger partial charge is 0.480 e. The SMILES string of the molecule is COc1nccc(I)c1-c1ncc(-c2ccc(Br)cc2)n1O.O=C(C=NO)c1ccc(Br)cc1. The molecule has 0 radical (unpaired) electrons. The summed E-state index contributed by atoms with van der Waals surface area (Å²) in [5.41, 5.74) is 2.62. The number of carbonyl (C=O) groups is 1. The third-order valence-electron chi connectivity index (χ3n) is 4.46. The van der Waals surface area contributed by atoms with Crippen LogP contribution in [0, 0.1) is 3.57 Å². The van der Waals surface area contributed by atoms with Crippen molar-refractivity contribution in [3.05, 3.63) is 85.1 Å². The Morgan fingerprint density at radius 3 is 2.26 bits per heavy atom. The summed E-state index contributed by atoms with van der Waals surface area (Å²) in [6, 6.07) is 16.3. The second kappa shape index (κ2) is 12.1. The molecule has 0 unspecified atom stereocenters.